The molecule has 3 rings (SSSR count). The molecule has 0 bridgehead atoms. The van der Waals surface area contributed by atoms with Gasteiger partial charge in [0.05, 0.1) is 20.6 Å². The molecule has 0 saturated carbocycles. The zero-order chi connectivity index (χ0) is 18.7. The lowest BCUT2D eigenvalue weighted by atomic mass is 10.2. The second-order valence-electron chi connectivity index (χ2n) is 5.18. The first-order chi connectivity index (χ1) is 12.4. The monoisotopic (exact) mass is 493 g/mol. The molecular formula is C17H10Br2ClN5O. The van der Waals surface area contributed by atoms with E-state index in [-0.39, 0.29) is 17.2 Å². The number of benzene rings is 2. The first-order valence-electron chi connectivity index (χ1n) is 7.27. The number of hydrogen-bond acceptors (Lipinski definition) is 6. The van der Waals surface area contributed by atoms with Crippen molar-refractivity contribution in [3.63, 3.8) is 0 Å². The molecule has 0 aliphatic carbocycles. The average Bonchev–Trinajstić information content (AvgIpc) is 2.58. The Hall–Kier alpha value is -2.21. The lowest BCUT2D eigenvalue weighted by Gasteiger charge is -2.11. The number of anilines is 2. The van der Waals surface area contributed by atoms with Crippen molar-refractivity contribution in [1.29, 1.82) is 5.26 Å². The number of rotatable bonds is 4. The summed E-state index contributed by atoms with van der Waals surface area (Å²) >= 11 is 12.9. The number of halogens is 3. The van der Waals surface area contributed by atoms with Gasteiger partial charge in [0.1, 0.15) is 0 Å². The molecule has 0 aliphatic rings. The number of hydrogen-bond donors (Lipinski definition) is 1. The molecule has 9 heteroatoms. The van der Waals surface area contributed by atoms with Gasteiger partial charge < -0.3 is 10.1 Å². The van der Waals surface area contributed by atoms with E-state index in [0.29, 0.717) is 17.0 Å². The smallest absolute Gasteiger partial charge is 0.328 e. The predicted octanol–water partition coefficient (Wildman–Crippen LogP) is 5.77. The van der Waals surface area contributed by atoms with E-state index in [0.717, 1.165) is 14.5 Å². The van der Waals surface area contributed by atoms with Crippen LogP contribution in [0.25, 0.3) is 0 Å². The van der Waals surface area contributed by atoms with Gasteiger partial charge >= 0.3 is 6.01 Å². The van der Waals surface area contributed by atoms with Crippen LogP contribution in [0.4, 0.5) is 11.6 Å². The second-order valence-corrected chi connectivity index (χ2v) is 7.23. The van der Waals surface area contributed by atoms with Crippen molar-refractivity contribution in [3.8, 4) is 17.8 Å². The quantitative estimate of drug-likeness (QED) is 0.495. The Labute approximate surface area is 171 Å². The standard InChI is InChI=1S/C17H10Br2ClN5O/c1-9-6-12(18)14(13(19)7-9)26-17-24-15(20)23-16(25-17)22-11-4-2-10(8-21)3-5-11/h2-7H,1H3,(H,22,23,24,25). The Kier molecular flexibility index (Phi) is 5.71. The van der Waals surface area contributed by atoms with Crippen LogP contribution in [0.15, 0.2) is 45.3 Å². The van der Waals surface area contributed by atoms with Crippen LogP contribution in [0.3, 0.4) is 0 Å². The van der Waals surface area contributed by atoms with E-state index in [4.69, 9.17) is 21.6 Å². The molecule has 1 aromatic heterocycles. The van der Waals surface area contributed by atoms with Crippen molar-refractivity contribution in [1.82, 2.24) is 15.0 Å². The summed E-state index contributed by atoms with van der Waals surface area (Å²) in [6, 6.07) is 12.8. The van der Waals surface area contributed by atoms with Gasteiger partial charge in [-0.2, -0.15) is 20.2 Å². The van der Waals surface area contributed by atoms with Crippen LogP contribution in [0.2, 0.25) is 5.28 Å². The minimum atomic E-state index is -0.00879. The lowest BCUT2D eigenvalue weighted by molar-refractivity contribution is 0.435. The number of aromatic nitrogens is 3. The van der Waals surface area contributed by atoms with Gasteiger partial charge in [0, 0.05) is 5.69 Å². The van der Waals surface area contributed by atoms with E-state index in [1.165, 1.54) is 0 Å². The first kappa shape index (κ1) is 18.6. The predicted molar refractivity (Wildman–Crippen MR) is 106 cm³/mol. The van der Waals surface area contributed by atoms with E-state index in [2.05, 4.69) is 58.2 Å². The van der Waals surface area contributed by atoms with Crippen LogP contribution in [0, 0.1) is 18.3 Å². The average molecular weight is 496 g/mol. The van der Waals surface area contributed by atoms with Crippen molar-refractivity contribution < 1.29 is 4.74 Å². The fourth-order valence-corrected chi connectivity index (χ4v) is 3.80. The van der Waals surface area contributed by atoms with E-state index >= 15 is 0 Å². The highest BCUT2D eigenvalue weighted by Gasteiger charge is 2.13. The molecule has 2 aromatic carbocycles. The zero-order valence-corrected chi connectivity index (χ0v) is 17.2. The number of nitrogens with one attached hydrogen (secondary N) is 1. The van der Waals surface area contributed by atoms with Gasteiger partial charge in [-0.15, -0.1) is 0 Å². The molecule has 1 N–H and O–H groups in total. The van der Waals surface area contributed by atoms with Crippen LogP contribution in [-0.4, -0.2) is 15.0 Å². The summed E-state index contributed by atoms with van der Waals surface area (Å²) in [7, 11) is 0. The van der Waals surface area contributed by atoms with Crippen LogP contribution in [0.1, 0.15) is 11.1 Å². The van der Waals surface area contributed by atoms with E-state index in [9.17, 15) is 0 Å². The fraction of sp³-hybridized carbons (Fsp3) is 0.0588. The Morgan fingerprint density at radius 1 is 1.08 bits per heavy atom. The summed E-state index contributed by atoms with van der Waals surface area (Å²) in [5, 5.41) is 11.8. The lowest BCUT2D eigenvalue weighted by Crippen LogP contribution is -2.02. The number of aryl methyl sites for hydroxylation is 1. The molecule has 0 radical (unpaired) electrons. The van der Waals surface area contributed by atoms with Crippen molar-refractivity contribution in [3.05, 3.63) is 61.8 Å². The molecule has 0 spiro atoms. The molecular weight excluding hydrogens is 485 g/mol. The number of nitrogens with zero attached hydrogens (tertiary/aromatic N) is 4. The summed E-state index contributed by atoms with van der Waals surface area (Å²) in [6.45, 7) is 1.97. The summed E-state index contributed by atoms with van der Waals surface area (Å²) in [5.41, 5.74) is 2.32. The number of nitriles is 1. The molecule has 1 heterocycles. The van der Waals surface area contributed by atoms with Gasteiger partial charge in [0.2, 0.25) is 11.2 Å². The van der Waals surface area contributed by atoms with Gasteiger partial charge in [-0.1, -0.05) is 0 Å². The molecule has 0 unspecified atom stereocenters. The van der Waals surface area contributed by atoms with Crippen molar-refractivity contribution in [2.24, 2.45) is 0 Å². The van der Waals surface area contributed by atoms with E-state index in [1.807, 2.05) is 19.1 Å². The highest BCUT2D eigenvalue weighted by Crippen LogP contribution is 2.37. The summed E-state index contributed by atoms with van der Waals surface area (Å²) in [5.74, 6) is 0.756. The molecule has 0 aliphatic heterocycles. The number of ether oxygens (including phenoxy) is 1. The maximum Gasteiger partial charge on any atom is 0.328 e. The third kappa shape index (κ3) is 4.49. The highest BCUT2D eigenvalue weighted by molar-refractivity contribution is 9.11. The molecule has 0 amide bonds. The van der Waals surface area contributed by atoms with Crippen molar-refractivity contribution >= 4 is 55.1 Å². The van der Waals surface area contributed by atoms with Gasteiger partial charge in [0.15, 0.2) is 5.75 Å². The highest BCUT2D eigenvalue weighted by atomic mass is 79.9. The molecule has 6 nitrogen and oxygen atoms in total. The third-order valence-electron chi connectivity index (χ3n) is 3.19. The Bertz CT molecular complexity index is 982. The SMILES string of the molecule is Cc1cc(Br)c(Oc2nc(Cl)nc(Nc3ccc(C#N)cc3)n2)c(Br)c1. The topological polar surface area (TPSA) is 83.7 Å². The molecule has 26 heavy (non-hydrogen) atoms. The normalized spacial score (nSPS) is 10.3. The third-order valence-corrected chi connectivity index (χ3v) is 4.54. The summed E-state index contributed by atoms with van der Waals surface area (Å²) in [6.07, 6.45) is 0. The van der Waals surface area contributed by atoms with Crippen LogP contribution in [0.5, 0.6) is 11.8 Å². The van der Waals surface area contributed by atoms with Crippen LogP contribution >= 0.6 is 43.5 Å². The van der Waals surface area contributed by atoms with Crippen LogP contribution < -0.4 is 10.1 Å². The Balaban J connectivity index is 1.87. The maximum atomic E-state index is 8.85. The fourth-order valence-electron chi connectivity index (χ4n) is 2.07. The maximum absolute atomic E-state index is 8.85. The van der Waals surface area contributed by atoms with Crippen LogP contribution in [-0.2, 0) is 0 Å². The minimum absolute atomic E-state index is 0.00879. The van der Waals surface area contributed by atoms with Gasteiger partial charge in [-0.3, -0.25) is 0 Å². The van der Waals surface area contributed by atoms with Gasteiger partial charge in [-0.25, -0.2) is 0 Å². The van der Waals surface area contributed by atoms with Gasteiger partial charge in [-0.05, 0) is 92.3 Å². The molecule has 0 fully saturated rings. The molecule has 3 aromatic rings. The molecule has 0 atom stereocenters. The summed E-state index contributed by atoms with van der Waals surface area (Å²) < 4.78 is 7.27. The summed E-state index contributed by atoms with van der Waals surface area (Å²) in [4.78, 5) is 12.3. The second kappa shape index (κ2) is 7.99. The largest absolute Gasteiger partial charge is 0.422 e. The minimum Gasteiger partial charge on any atom is -0.422 e. The van der Waals surface area contributed by atoms with E-state index in [1.54, 1.807) is 24.3 Å². The Morgan fingerprint density at radius 3 is 2.35 bits per heavy atom. The van der Waals surface area contributed by atoms with E-state index < -0.39 is 0 Å². The van der Waals surface area contributed by atoms with Crippen molar-refractivity contribution in [2.75, 3.05) is 5.32 Å². The molecule has 0 saturated heterocycles. The van der Waals surface area contributed by atoms with Gasteiger partial charge in [0.25, 0.3) is 0 Å². The molecule has 130 valence electrons. The zero-order valence-electron chi connectivity index (χ0n) is 13.3. The Morgan fingerprint density at radius 2 is 1.73 bits per heavy atom. The first-order valence-corrected chi connectivity index (χ1v) is 9.23. The van der Waals surface area contributed by atoms with Crippen molar-refractivity contribution in [2.45, 2.75) is 6.92 Å².